The lowest BCUT2D eigenvalue weighted by molar-refractivity contribution is 0.102. The van der Waals surface area contributed by atoms with E-state index in [1.807, 2.05) is 4.98 Å². The van der Waals surface area contributed by atoms with Gasteiger partial charge in [0.1, 0.15) is 5.82 Å². The van der Waals surface area contributed by atoms with Crippen LogP contribution in [-0.2, 0) is 10.0 Å². The molecule has 0 atom stereocenters. The van der Waals surface area contributed by atoms with Gasteiger partial charge in [-0.1, -0.05) is 0 Å². The summed E-state index contributed by atoms with van der Waals surface area (Å²) in [5.74, 6) is -0.626. The van der Waals surface area contributed by atoms with Crippen molar-refractivity contribution in [2.75, 3.05) is 18.4 Å². The number of rotatable bonds is 4. The molecule has 2 aromatic rings. The third kappa shape index (κ3) is 3.69. The highest BCUT2D eigenvalue weighted by Crippen LogP contribution is 2.21. The molecule has 0 saturated carbocycles. The van der Waals surface area contributed by atoms with Gasteiger partial charge in [-0.25, -0.2) is 13.2 Å². The Hall–Kier alpha value is -2.72. The maximum Gasteiger partial charge on any atom is 0.327 e. The Morgan fingerprint density at radius 3 is 2.28 bits per heavy atom. The van der Waals surface area contributed by atoms with Crippen LogP contribution in [0.25, 0.3) is 0 Å². The summed E-state index contributed by atoms with van der Waals surface area (Å²) in [4.78, 5) is 38.9. The molecular weight excluding hydrogens is 348 g/mol. The van der Waals surface area contributed by atoms with E-state index in [0.717, 1.165) is 18.9 Å². The zero-order chi connectivity index (χ0) is 18.0. The van der Waals surface area contributed by atoms with Crippen molar-refractivity contribution in [3.05, 3.63) is 56.7 Å². The van der Waals surface area contributed by atoms with E-state index in [2.05, 4.69) is 10.3 Å². The number of aromatic amines is 2. The highest BCUT2D eigenvalue weighted by Gasteiger charge is 2.27. The van der Waals surface area contributed by atoms with Crippen LogP contribution in [-0.4, -0.2) is 41.7 Å². The van der Waals surface area contributed by atoms with Gasteiger partial charge >= 0.3 is 5.69 Å². The van der Waals surface area contributed by atoms with Crippen LogP contribution in [0.5, 0.6) is 0 Å². The van der Waals surface area contributed by atoms with E-state index in [1.54, 1.807) is 0 Å². The lowest BCUT2D eigenvalue weighted by atomic mass is 10.2. The minimum Gasteiger partial charge on any atom is -0.308 e. The quantitative estimate of drug-likeness (QED) is 0.708. The molecule has 1 aromatic heterocycles. The van der Waals surface area contributed by atoms with Gasteiger partial charge < -0.3 is 5.32 Å². The fourth-order valence-electron chi connectivity index (χ4n) is 2.59. The van der Waals surface area contributed by atoms with Crippen molar-refractivity contribution in [3.63, 3.8) is 0 Å². The number of amides is 1. The maximum atomic E-state index is 12.4. The van der Waals surface area contributed by atoms with Gasteiger partial charge in [0.25, 0.3) is 11.5 Å². The fourth-order valence-corrected chi connectivity index (χ4v) is 4.10. The zero-order valence-electron chi connectivity index (χ0n) is 13.1. The summed E-state index contributed by atoms with van der Waals surface area (Å²) < 4.78 is 26.3. The molecule has 0 unspecified atom stereocenters. The van der Waals surface area contributed by atoms with Crippen LogP contribution >= 0.6 is 0 Å². The molecule has 3 N–H and O–H groups in total. The Morgan fingerprint density at radius 2 is 1.68 bits per heavy atom. The average Bonchev–Trinajstić information content (AvgIpc) is 3.09. The maximum absolute atomic E-state index is 12.4. The monoisotopic (exact) mass is 364 g/mol. The number of H-pyrrole nitrogens is 2. The predicted octanol–water partition coefficient (Wildman–Crippen LogP) is 0.100. The Labute approximate surface area is 142 Å². The molecule has 1 fully saturated rings. The van der Waals surface area contributed by atoms with Crippen molar-refractivity contribution in [3.8, 4) is 0 Å². The number of nitrogens with zero attached hydrogens (tertiary/aromatic N) is 1. The second-order valence-corrected chi connectivity index (χ2v) is 7.53. The Bertz CT molecular complexity index is 973. The number of carbonyl (C=O) groups is 1. The summed E-state index contributed by atoms with van der Waals surface area (Å²) in [6.45, 7) is 1.00. The van der Waals surface area contributed by atoms with Crippen molar-refractivity contribution in [1.29, 1.82) is 0 Å². The van der Waals surface area contributed by atoms with Crippen molar-refractivity contribution >= 4 is 21.7 Å². The predicted molar refractivity (Wildman–Crippen MR) is 90.1 cm³/mol. The molecule has 1 saturated heterocycles. The minimum absolute atomic E-state index is 0.0486. The standard InChI is InChI=1S/C15H16N4O5S/c20-13-9-12(17-15(22)18-13)16-14(21)10-3-5-11(6-4-10)25(23,24)19-7-1-2-8-19/h3-6,9H,1-2,7-8H2,(H3,16,17,18,20,21,22). The second-order valence-electron chi connectivity index (χ2n) is 5.59. The Morgan fingerprint density at radius 1 is 1.04 bits per heavy atom. The summed E-state index contributed by atoms with van der Waals surface area (Å²) in [6.07, 6.45) is 1.68. The van der Waals surface area contributed by atoms with Gasteiger partial charge in [0.05, 0.1) is 4.90 Å². The smallest absolute Gasteiger partial charge is 0.308 e. The van der Waals surface area contributed by atoms with Crippen molar-refractivity contribution in [2.24, 2.45) is 0 Å². The van der Waals surface area contributed by atoms with Crippen LogP contribution in [0.3, 0.4) is 0 Å². The van der Waals surface area contributed by atoms with E-state index >= 15 is 0 Å². The molecule has 0 aliphatic carbocycles. The molecule has 2 heterocycles. The number of aromatic nitrogens is 2. The summed E-state index contributed by atoms with van der Waals surface area (Å²) in [6, 6.07) is 6.52. The summed E-state index contributed by atoms with van der Waals surface area (Å²) in [5.41, 5.74) is -1.19. The molecule has 1 amide bonds. The third-order valence-corrected chi connectivity index (χ3v) is 5.74. The lowest BCUT2D eigenvalue weighted by Crippen LogP contribution is -2.28. The van der Waals surface area contributed by atoms with Crippen molar-refractivity contribution in [1.82, 2.24) is 14.3 Å². The Kier molecular flexibility index (Phi) is 4.55. The van der Waals surface area contributed by atoms with E-state index in [9.17, 15) is 22.8 Å². The van der Waals surface area contributed by atoms with Crippen LogP contribution in [0.2, 0.25) is 0 Å². The molecule has 132 valence electrons. The van der Waals surface area contributed by atoms with E-state index in [0.29, 0.717) is 13.1 Å². The number of hydrogen-bond donors (Lipinski definition) is 3. The van der Waals surface area contributed by atoms with Gasteiger partial charge in [-0.3, -0.25) is 19.6 Å². The van der Waals surface area contributed by atoms with Crippen molar-refractivity contribution in [2.45, 2.75) is 17.7 Å². The molecule has 1 aromatic carbocycles. The first kappa shape index (κ1) is 17.1. The average molecular weight is 364 g/mol. The van der Waals surface area contributed by atoms with E-state index in [-0.39, 0.29) is 16.3 Å². The molecule has 1 aliphatic rings. The first-order valence-electron chi connectivity index (χ1n) is 7.61. The van der Waals surface area contributed by atoms with Gasteiger partial charge in [0.15, 0.2) is 0 Å². The molecule has 0 radical (unpaired) electrons. The molecule has 25 heavy (non-hydrogen) atoms. The second kappa shape index (κ2) is 6.65. The number of nitrogens with one attached hydrogen (secondary N) is 3. The normalized spacial score (nSPS) is 15.2. The van der Waals surface area contributed by atoms with Crippen LogP contribution in [0, 0.1) is 0 Å². The zero-order valence-corrected chi connectivity index (χ0v) is 13.9. The highest BCUT2D eigenvalue weighted by atomic mass is 32.2. The number of anilines is 1. The largest absolute Gasteiger partial charge is 0.327 e. The van der Waals surface area contributed by atoms with Gasteiger partial charge in [-0.2, -0.15) is 4.31 Å². The lowest BCUT2D eigenvalue weighted by Gasteiger charge is -2.15. The summed E-state index contributed by atoms with van der Waals surface area (Å²) in [7, 11) is -3.54. The highest BCUT2D eigenvalue weighted by molar-refractivity contribution is 7.89. The number of carbonyl (C=O) groups excluding carboxylic acids is 1. The topological polar surface area (TPSA) is 132 Å². The molecule has 9 nitrogen and oxygen atoms in total. The number of benzene rings is 1. The first-order chi connectivity index (χ1) is 11.9. The number of hydrogen-bond acceptors (Lipinski definition) is 5. The SMILES string of the molecule is O=C(Nc1cc(=O)[nH]c(=O)[nH]1)c1ccc(S(=O)(=O)N2CCCC2)cc1. The number of sulfonamides is 1. The van der Waals surface area contributed by atoms with E-state index in [1.165, 1.54) is 28.6 Å². The van der Waals surface area contributed by atoms with Gasteiger partial charge in [0.2, 0.25) is 10.0 Å². The van der Waals surface area contributed by atoms with Gasteiger partial charge in [0, 0.05) is 24.7 Å². The van der Waals surface area contributed by atoms with Crippen LogP contribution in [0.1, 0.15) is 23.2 Å². The fraction of sp³-hybridized carbons (Fsp3) is 0.267. The van der Waals surface area contributed by atoms with Crippen LogP contribution in [0.15, 0.2) is 44.8 Å². The van der Waals surface area contributed by atoms with Crippen molar-refractivity contribution < 1.29 is 13.2 Å². The Balaban J connectivity index is 1.78. The molecule has 0 bridgehead atoms. The van der Waals surface area contributed by atoms with E-state index in [4.69, 9.17) is 0 Å². The van der Waals surface area contributed by atoms with E-state index < -0.39 is 27.2 Å². The molecule has 0 spiro atoms. The first-order valence-corrected chi connectivity index (χ1v) is 9.05. The third-order valence-electron chi connectivity index (χ3n) is 3.83. The summed E-state index contributed by atoms with van der Waals surface area (Å²) >= 11 is 0. The van der Waals surface area contributed by atoms with Gasteiger partial charge in [-0.15, -0.1) is 0 Å². The molecule has 10 heteroatoms. The van der Waals surface area contributed by atoms with Crippen LogP contribution < -0.4 is 16.6 Å². The molecule has 3 rings (SSSR count). The van der Waals surface area contributed by atoms with Crippen LogP contribution in [0.4, 0.5) is 5.82 Å². The van der Waals surface area contributed by atoms with Gasteiger partial charge in [-0.05, 0) is 37.1 Å². The molecule has 1 aliphatic heterocycles. The minimum atomic E-state index is -3.54. The molecular formula is C15H16N4O5S. The summed E-state index contributed by atoms with van der Waals surface area (Å²) in [5, 5.41) is 2.38.